The van der Waals surface area contributed by atoms with Gasteiger partial charge >= 0.3 is 5.97 Å². The molecule has 6 nitrogen and oxygen atoms in total. The number of esters is 1. The molecular weight excluding hydrogens is 364 g/mol. The maximum atomic E-state index is 12.8. The lowest BCUT2D eigenvalue weighted by atomic mass is 10.0. The third-order valence-electron chi connectivity index (χ3n) is 4.81. The lowest BCUT2D eigenvalue weighted by molar-refractivity contribution is -0.155. The van der Waals surface area contributed by atoms with E-state index in [0.717, 1.165) is 30.4 Å². The minimum atomic E-state index is -0.810. The van der Waals surface area contributed by atoms with E-state index < -0.39 is 23.5 Å². The first-order chi connectivity index (χ1) is 12.7. The van der Waals surface area contributed by atoms with Crippen LogP contribution in [0.15, 0.2) is 11.5 Å². The maximum absolute atomic E-state index is 12.8. The van der Waals surface area contributed by atoms with Crippen molar-refractivity contribution in [1.82, 2.24) is 4.90 Å². The molecule has 2 N–H and O–H groups in total. The number of carbonyl (C=O) groups is 3. The summed E-state index contributed by atoms with van der Waals surface area (Å²) in [6.45, 7) is 5.74. The van der Waals surface area contributed by atoms with Crippen molar-refractivity contribution in [3.05, 3.63) is 27.5 Å². The summed E-state index contributed by atoms with van der Waals surface area (Å²) in [6, 6.07) is -0.810. The summed E-state index contributed by atoms with van der Waals surface area (Å²) in [5.74, 6) is -1.16. The molecule has 0 saturated heterocycles. The number of hydrogen-bond donors (Lipinski definition) is 1. The first-order valence-electron chi connectivity index (χ1n) is 9.29. The SMILES string of the molecule is CC(C)(C)OC(=O)CCC(C(N)=O)N1Cc2c(C3=CCCC3)csc2C1=O. The number of ether oxygens (including phenoxy) is 1. The molecule has 146 valence electrons. The quantitative estimate of drug-likeness (QED) is 0.755. The first-order valence-corrected chi connectivity index (χ1v) is 10.2. The lowest BCUT2D eigenvalue weighted by Crippen LogP contribution is -2.45. The standard InChI is InChI=1S/C20H26N2O4S/c1-20(2,3)26-16(23)9-8-15(18(21)24)22-10-13-14(12-6-4-5-7-12)11-27-17(13)19(22)25/h6,11,15H,4-5,7-10H2,1-3H3,(H2,21,24). The van der Waals surface area contributed by atoms with Crippen molar-refractivity contribution in [2.45, 2.75) is 71.1 Å². The van der Waals surface area contributed by atoms with E-state index in [9.17, 15) is 14.4 Å². The molecule has 7 heteroatoms. The van der Waals surface area contributed by atoms with Crippen LogP contribution in [0.3, 0.4) is 0 Å². The van der Waals surface area contributed by atoms with Crippen LogP contribution in [0, 0.1) is 0 Å². The van der Waals surface area contributed by atoms with Crippen LogP contribution in [-0.4, -0.2) is 34.3 Å². The average Bonchev–Trinajstić information content (AvgIpc) is 3.24. The number of fused-ring (bicyclic) bond motifs is 1. The van der Waals surface area contributed by atoms with Gasteiger partial charge in [0.05, 0.1) is 4.88 Å². The van der Waals surface area contributed by atoms with Crippen LogP contribution >= 0.6 is 11.3 Å². The molecule has 2 amide bonds. The molecule has 2 heterocycles. The van der Waals surface area contributed by atoms with Gasteiger partial charge < -0.3 is 15.4 Å². The zero-order valence-electron chi connectivity index (χ0n) is 16.0. The van der Waals surface area contributed by atoms with E-state index >= 15 is 0 Å². The van der Waals surface area contributed by atoms with E-state index in [4.69, 9.17) is 10.5 Å². The predicted octanol–water partition coefficient (Wildman–Crippen LogP) is 3.25. The Kier molecular flexibility index (Phi) is 5.42. The summed E-state index contributed by atoms with van der Waals surface area (Å²) >= 11 is 1.42. The van der Waals surface area contributed by atoms with E-state index in [1.807, 2.05) is 5.38 Å². The minimum absolute atomic E-state index is 0.0420. The Labute approximate surface area is 163 Å². The number of nitrogens with zero attached hydrogens (tertiary/aromatic N) is 1. The molecule has 0 saturated carbocycles. The second-order valence-corrected chi connectivity index (χ2v) is 8.93. The van der Waals surface area contributed by atoms with Crippen LogP contribution in [0.2, 0.25) is 0 Å². The molecule has 1 aliphatic carbocycles. The van der Waals surface area contributed by atoms with Crippen LogP contribution in [-0.2, 0) is 20.9 Å². The summed E-state index contributed by atoms with van der Waals surface area (Å²) in [5, 5.41) is 2.04. The Morgan fingerprint density at radius 2 is 2.11 bits per heavy atom. The number of rotatable bonds is 6. The van der Waals surface area contributed by atoms with Gasteiger partial charge in [0, 0.05) is 18.5 Å². The minimum Gasteiger partial charge on any atom is -0.460 e. The van der Waals surface area contributed by atoms with Gasteiger partial charge in [0.2, 0.25) is 5.91 Å². The number of carbonyl (C=O) groups excluding carboxylic acids is 3. The van der Waals surface area contributed by atoms with Gasteiger partial charge in [-0.2, -0.15) is 0 Å². The van der Waals surface area contributed by atoms with Gasteiger partial charge in [-0.15, -0.1) is 11.3 Å². The highest BCUT2D eigenvalue weighted by Gasteiger charge is 2.38. The van der Waals surface area contributed by atoms with E-state index in [1.54, 1.807) is 20.8 Å². The normalized spacial score (nSPS) is 17.7. The molecular formula is C20H26N2O4S. The molecule has 1 unspecified atom stereocenters. The van der Waals surface area contributed by atoms with Gasteiger partial charge in [0.15, 0.2) is 0 Å². The van der Waals surface area contributed by atoms with Gasteiger partial charge in [-0.1, -0.05) is 6.08 Å². The Balaban J connectivity index is 1.72. The monoisotopic (exact) mass is 390 g/mol. The molecule has 0 spiro atoms. The number of thiophene rings is 1. The topological polar surface area (TPSA) is 89.7 Å². The molecule has 1 aromatic heterocycles. The number of allylic oxidation sites excluding steroid dienone is 2. The van der Waals surface area contributed by atoms with Gasteiger partial charge in [-0.05, 0) is 63.0 Å². The molecule has 3 rings (SSSR count). The summed E-state index contributed by atoms with van der Waals surface area (Å²) in [4.78, 5) is 39.0. The Morgan fingerprint density at radius 1 is 1.37 bits per heavy atom. The summed E-state index contributed by atoms with van der Waals surface area (Å²) in [7, 11) is 0. The van der Waals surface area contributed by atoms with Crippen molar-refractivity contribution in [2.75, 3.05) is 0 Å². The second-order valence-electron chi connectivity index (χ2n) is 8.05. The van der Waals surface area contributed by atoms with Gasteiger partial charge in [0.25, 0.3) is 5.91 Å². The number of primary amides is 1. The average molecular weight is 391 g/mol. The van der Waals surface area contributed by atoms with Gasteiger partial charge in [0.1, 0.15) is 11.6 Å². The van der Waals surface area contributed by atoms with Crippen LogP contribution in [0.5, 0.6) is 0 Å². The fraction of sp³-hybridized carbons (Fsp3) is 0.550. The van der Waals surface area contributed by atoms with Crippen LogP contribution < -0.4 is 5.73 Å². The van der Waals surface area contributed by atoms with E-state index in [1.165, 1.54) is 21.8 Å². The van der Waals surface area contributed by atoms with E-state index in [2.05, 4.69) is 6.08 Å². The van der Waals surface area contributed by atoms with E-state index in [-0.39, 0.29) is 18.7 Å². The van der Waals surface area contributed by atoms with Crippen molar-refractivity contribution >= 4 is 34.7 Å². The van der Waals surface area contributed by atoms with Crippen LogP contribution in [0.1, 0.15) is 73.7 Å². The first kappa shape index (κ1) is 19.6. The zero-order valence-corrected chi connectivity index (χ0v) is 16.9. The number of hydrogen-bond acceptors (Lipinski definition) is 5. The van der Waals surface area contributed by atoms with Crippen molar-refractivity contribution in [3.63, 3.8) is 0 Å². The molecule has 1 atom stereocenters. The highest BCUT2D eigenvalue weighted by molar-refractivity contribution is 7.12. The molecule has 1 aliphatic heterocycles. The molecule has 0 aromatic carbocycles. The largest absolute Gasteiger partial charge is 0.460 e. The molecule has 2 aliphatic rings. The molecule has 1 aromatic rings. The molecule has 0 radical (unpaired) electrons. The Morgan fingerprint density at radius 3 is 2.70 bits per heavy atom. The molecule has 0 bridgehead atoms. The summed E-state index contributed by atoms with van der Waals surface area (Å²) in [6.07, 6.45) is 5.66. The van der Waals surface area contributed by atoms with Crippen molar-refractivity contribution < 1.29 is 19.1 Å². The Hall–Kier alpha value is -2.15. The highest BCUT2D eigenvalue weighted by atomic mass is 32.1. The van der Waals surface area contributed by atoms with Gasteiger partial charge in [-0.3, -0.25) is 14.4 Å². The van der Waals surface area contributed by atoms with E-state index in [0.29, 0.717) is 11.4 Å². The molecule has 0 fully saturated rings. The predicted molar refractivity (Wildman–Crippen MR) is 104 cm³/mol. The molecule has 27 heavy (non-hydrogen) atoms. The van der Waals surface area contributed by atoms with Crippen molar-refractivity contribution in [2.24, 2.45) is 5.73 Å². The van der Waals surface area contributed by atoms with Crippen molar-refractivity contribution in [3.8, 4) is 0 Å². The fourth-order valence-electron chi connectivity index (χ4n) is 3.63. The summed E-state index contributed by atoms with van der Waals surface area (Å²) < 4.78 is 5.29. The highest BCUT2D eigenvalue weighted by Crippen LogP contribution is 2.39. The second kappa shape index (κ2) is 7.46. The van der Waals surface area contributed by atoms with Crippen molar-refractivity contribution in [1.29, 1.82) is 0 Å². The third-order valence-corrected chi connectivity index (χ3v) is 5.82. The van der Waals surface area contributed by atoms with Gasteiger partial charge in [-0.25, -0.2) is 0 Å². The van der Waals surface area contributed by atoms with Crippen LogP contribution in [0.4, 0.5) is 0 Å². The smallest absolute Gasteiger partial charge is 0.306 e. The summed E-state index contributed by atoms with van der Waals surface area (Å²) in [5.41, 5.74) is 8.37. The lowest BCUT2D eigenvalue weighted by Gasteiger charge is -2.26. The maximum Gasteiger partial charge on any atom is 0.306 e. The Bertz CT molecular complexity index is 803. The zero-order chi connectivity index (χ0) is 19.8. The van der Waals surface area contributed by atoms with Crippen LogP contribution in [0.25, 0.3) is 5.57 Å². The number of amides is 2. The fourth-order valence-corrected chi connectivity index (χ4v) is 4.69. The third kappa shape index (κ3) is 4.24. The number of nitrogens with two attached hydrogens (primary N) is 1.